The molecule has 1 unspecified atom stereocenters. The summed E-state index contributed by atoms with van der Waals surface area (Å²) in [5.41, 5.74) is 3.13. The molecule has 2 aromatic rings. The van der Waals surface area contributed by atoms with E-state index in [1.54, 1.807) is 0 Å². The summed E-state index contributed by atoms with van der Waals surface area (Å²) in [6.45, 7) is 3.09. The fraction of sp³-hybridized carbons (Fsp3) is 0.368. The highest BCUT2D eigenvalue weighted by Gasteiger charge is 2.30. The Labute approximate surface area is 137 Å². The van der Waals surface area contributed by atoms with E-state index in [0.29, 0.717) is 6.61 Å². The first-order valence-electron chi connectivity index (χ1n) is 8.14. The lowest BCUT2D eigenvalue weighted by atomic mass is 9.98. The third kappa shape index (κ3) is 3.89. The van der Waals surface area contributed by atoms with E-state index in [4.69, 9.17) is 4.74 Å². The van der Waals surface area contributed by atoms with Crippen molar-refractivity contribution in [3.05, 3.63) is 65.5 Å². The molecule has 1 aromatic heterocycles. The second-order valence-corrected chi connectivity index (χ2v) is 6.00. The lowest BCUT2D eigenvalue weighted by molar-refractivity contribution is 0.0669. The summed E-state index contributed by atoms with van der Waals surface area (Å²) in [6.07, 6.45) is 4.64. The third-order valence-corrected chi connectivity index (χ3v) is 4.22. The van der Waals surface area contributed by atoms with Gasteiger partial charge in [-0.25, -0.2) is 4.79 Å². The van der Waals surface area contributed by atoms with E-state index in [1.165, 1.54) is 0 Å². The van der Waals surface area contributed by atoms with Crippen molar-refractivity contribution in [1.82, 2.24) is 9.88 Å². The fourth-order valence-corrected chi connectivity index (χ4v) is 3.00. The summed E-state index contributed by atoms with van der Waals surface area (Å²) in [4.78, 5) is 18.8. The van der Waals surface area contributed by atoms with Crippen molar-refractivity contribution in [3.8, 4) is 0 Å². The molecule has 0 aliphatic carbocycles. The van der Waals surface area contributed by atoms with E-state index < -0.39 is 0 Å². The molecule has 1 aromatic carbocycles. The normalized spacial score (nSPS) is 17.8. The number of carbonyl (C=O) groups is 1. The smallest absolute Gasteiger partial charge is 0.410 e. The molecule has 3 rings (SSSR count). The number of benzene rings is 1. The van der Waals surface area contributed by atoms with Crippen LogP contribution in [0.5, 0.6) is 0 Å². The number of aryl methyl sites for hydroxylation is 1. The number of nitrogens with zero attached hydrogens (tertiary/aromatic N) is 2. The monoisotopic (exact) mass is 310 g/mol. The summed E-state index contributed by atoms with van der Waals surface area (Å²) in [5.74, 6) is 0. The Morgan fingerprint density at radius 2 is 2.09 bits per heavy atom. The van der Waals surface area contributed by atoms with Gasteiger partial charge in [0, 0.05) is 12.7 Å². The third-order valence-electron chi connectivity index (χ3n) is 4.22. The average molecular weight is 310 g/mol. The zero-order chi connectivity index (χ0) is 16.1. The molecule has 0 bridgehead atoms. The molecule has 1 saturated heterocycles. The molecular weight excluding hydrogens is 288 g/mol. The SMILES string of the molecule is Cc1ccnc(C2CCCCN2C(=O)OCc2ccccc2)c1. The summed E-state index contributed by atoms with van der Waals surface area (Å²) >= 11 is 0. The molecule has 0 radical (unpaired) electrons. The molecule has 1 atom stereocenters. The van der Waals surface area contributed by atoms with E-state index >= 15 is 0 Å². The number of piperidine rings is 1. The lowest BCUT2D eigenvalue weighted by Crippen LogP contribution is -2.39. The van der Waals surface area contributed by atoms with Crippen molar-refractivity contribution < 1.29 is 9.53 Å². The van der Waals surface area contributed by atoms with Crippen molar-refractivity contribution >= 4 is 6.09 Å². The van der Waals surface area contributed by atoms with Crippen LogP contribution in [0.1, 0.15) is 42.1 Å². The standard InChI is InChI=1S/C19H22N2O2/c1-15-10-11-20-17(13-15)18-9-5-6-12-21(18)19(22)23-14-16-7-3-2-4-8-16/h2-4,7-8,10-11,13,18H,5-6,9,12,14H2,1H3. The minimum atomic E-state index is -0.248. The Kier molecular flexibility index (Phi) is 4.91. The highest BCUT2D eigenvalue weighted by molar-refractivity contribution is 5.68. The first-order chi connectivity index (χ1) is 11.2. The lowest BCUT2D eigenvalue weighted by Gasteiger charge is -2.34. The van der Waals surface area contributed by atoms with Gasteiger partial charge in [-0.05, 0) is 49.4 Å². The van der Waals surface area contributed by atoms with Gasteiger partial charge in [-0.2, -0.15) is 0 Å². The maximum atomic E-state index is 12.5. The summed E-state index contributed by atoms with van der Waals surface area (Å²) in [7, 11) is 0. The molecule has 0 saturated carbocycles. The molecule has 4 nitrogen and oxygen atoms in total. The number of hydrogen-bond donors (Lipinski definition) is 0. The Morgan fingerprint density at radius 1 is 1.26 bits per heavy atom. The molecule has 1 fully saturated rings. The van der Waals surface area contributed by atoms with E-state index in [1.807, 2.05) is 54.4 Å². The molecule has 1 aliphatic rings. The largest absolute Gasteiger partial charge is 0.445 e. The summed E-state index contributed by atoms with van der Waals surface area (Å²) < 4.78 is 5.51. The van der Waals surface area contributed by atoms with Crippen molar-refractivity contribution in [3.63, 3.8) is 0 Å². The first-order valence-corrected chi connectivity index (χ1v) is 8.14. The minimum absolute atomic E-state index is 0.0203. The van der Waals surface area contributed by atoms with Crippen molar-refractivity contribution in [1.29, 1.82) is 0 Å². The van der Waals surface area contributed by atoms with Crippen LogP contribution in [0.2, 0.25) is 0 Å². The van der Waals surface area contributed by atoms with Crippen molar-refractivity contribution in [2.24, 2.45) is 0 Å². The van der Waals surface area contributed by atoms with E-state index in [-0.39, 0.29) is 12.1 Å². The number of pyridine rings is 1. The molecule has 1 amide bonds. The second kappa shape index (κ2) is 7.27. The van der Waals surface area contributed by atoms with Crippen molar-refractivity contribution in [2.75, 3.05) is 6.54 Å². The molecule has 4 heteroatoms. The van der Waals surface area contributed by atoms with Gasteiger partial charge in [0.25, 0.3) is 0 Å². The minimum Gasteiger partial charge on any atom is -0.445 e. The molecule has 2 heterocycles. The van der Waals surface area contributed by atoms with Gasteiger partial charge in [0.05, 0.1) is 11.7 Å². The number of ether oxygens (including phenoxy) is 1. The number of hydrogen-bond acceptors (Lipinski definition) is 3. The number of likely N-dealkylation sites (tertiary alicyclic amines) is 1. The number of rotatable bonds is 3. The van der Waals surface area contributed by atoms with Gasteiger partial charge >= 0.3 is 6.09 Å². The van der Waals surface area contributed by atoms with Crippen molar-refractivity contribution in [2.45, 2.75) is 38.8 Å². The summed E-state index contributed by atoms with van der Waals surface area (Å²) in [6, 6.07) is 13.8. The zero-order valence-corrected chi connectivity index (χ0v) is 13.4. The Hall–Kier alpha value is -2.36. The predicted molar refractivity (Wildman–Crippen MR) is 88.9 cm³/mol. The van der Waals surface area contributed by atoms with E-state index in [0.717, 1.165) is 42.6 Å². The van der Waals surface area contributed by atoms with Crippen LogP contribution in [0.4, 0.5) is 4.79 Å². The van der Waals surface area contributed by atoms with Crippen LogP contribution < -0.4 is 0 Å². The molecule has 1 aliphatic heterocycles. The highest BCUT2D eigenvalue weighted by Crippen LogP contribution is 2.30. The summed E-state index contributed by atoms with van der Waals surface area (Å²) in [5, 5.41) is 0. The maximum absolute atomic E-state index is 12.5. The van der Waals surface area contributed by atoms with Gasteiger partial charge in [0.2, 0.25) is 0 Å². The fourth-order valence-electron chi connectivity index (χ4n) is 3.00. The number of amides is 1. The van der Waals surface area contributed by atoms with Crippen LogP contribution in [-0.4, -0.2) is 22.5 Å². The van der Waals surface area contributed by atoms with Crippen LogP contribution in [0.25, 0.3) is 0 Å². The number of aromatic nitrogens is 1. The molecule has 23 heavy (non-hydrogen) atoms. The van der Waals surface area contributed by atoms with E-state index in [9.17, 15) is 4.79 Å². The Bertz CT molecular complexity index is 657. The maximum Gasteiger partial charge on any atom is 0.410 e. The first kappa shape index (κ1) is 15.5. The Morgan fingerprint density at radius 3 is 2.87 bits per heavy atom. The Balaban J connectivity index is 1.69. The topological polar surface area (TPSA) is 42.4 Å². The second-order valence-electron chi connectivity index (χ2n) is 6.00. The van der Waals surface area contributed by atoms with E-state index in [2.05, 4.69) is 11.1 Å². The van der Waals surface area contributed by atoms with Crippen LogP contribution >= 0.6 is 0 Å². The van der Waals surface area contributed by atoms with Gasteiger partial charge < -0.3 is 4.74 Å². The van der Waals surface area contributed by atoms with Crippen LogP contribution in [0.3, 0.4) is 0 Å². The predicted octanol–water partition coefficient (Wildman–Crippen LogP) is 4.25. The molecule has 120 valence electrons. The van der Waals surface area contributed by atoms with Crippen LogP contribution in [0.15, 0.2) is 48.7 Å². The van der Waals surface area contributed by atoms with Gasteiger partial charge in [0.15, 0.2) is 0 Å². The molecular formula is C19H22N2O2. The van der Waals surface area contributed by atoms with Gasteiger partial charge in [-0.15, -0.1) is 0 Å². The van der Waals surface area contributed by atoms with Gasteiger partial charge in [-0.3, -0.25) is 9.88 Å². The zero-order valence-electron chi connectivity index (χ0n) is 13.4. The molecule has 0 N–H and O–H groups in total. The highest BCUT2D eigenvalue weighted by atomic mass is 16.6. The van der Waals surface area contributed by atoms with Gasteiger partial charge in [-0.1, -0.05) is 30.3 Å². The molecule has 0 spiro atoms. The average Bonchev–Trinajstić information content (AvgIpc) is 2.60. The van der Waals surface area contributed by atoms with Crippen LogP contribution in [0, 0.1) is 6.92 Å². The number of carbonyl (C=O) groups excluding carboxylic acids is 1. The van der Waals surface area contributed by atoms with Gasteiger partial charge in [0.1, 0.15) is 6.61 Å². The quantitative estimate of drug-likeness (QED) is 0.851. The van der Waals surface area contributed by atoms with Crippen LogP contribution in [-0.2, 0) is 11.3 Å².